The molecule has 0 unspecified atom stereocenters. The van der Waals surface area contributed by atoms with Crippen molar-refractivity contribution >= 4 is 17.5 Å². The fraction of sp³-hybridized carbons (Fsp3) is 0.643. The Morgan fingerprint density at radius 2 is 2.14 bits per heavy atom. The number of aryl methyl sites for hydroxylation is 1. The zero-order chi connectivity index (χ0) is 15.7. The van der Waals surface area contributed by atoms with Gasteiger partial charge in [0.1, 0.15) is 17.5 Å². The summed E-state index contributed by atoms with van der Waals surface area (Å²) in [4.78, 5) is 22.3. The quantitative estimate of drug-likeness (QED) is 0.656. The number of ether oxygens (including phenoxy) is 1. The minimum Gasteiger partial charge on any atom is -0.383 e. The molecule has 0 radical (unpaired) electrons. The molecule has 21 heavy (non-hydrogen) atoms. The predicted octanol–water partition coefficient (Wildman–Crippen LogP) is 0.806. The van der Waals surface area contributed by atoms with Crippen molar-refractivity contribution in [1.29, 1.82) is 0 Å². The van der Waals surface area contributed by atoms with Crippen molar-refractivity contribution in [1.82, 2.24) is 15.3 Å². The second-order valence-corrected chi connectivity index (χ2v) is 4.78. The predicted molar refractivity (Wildman–Crippen MR) is 83.7 cm³/mol. The second kappa shape index (κ2) is 9.12. The molecule has 1 aromatic heterocycles. The van der Waals surface area contributed by atoms with Crippen LogP contribution in [0.15, 0.2) is 6.07 Å². The second-order valence-electron chi connectivity index (χ2n) is 4.78. The van der Waals surface area contributed by atoms with E-state index in [2.05, 4.69) is 27.5 Å². The van der Waals surface area contributed by atoms with E-state index >= 15 is 0 Å². The third-order valence-electron chi connectivity index (χ3n) is 2.78. The van der Waals surface area contributed by atoms with Gasteiger partial charge in [0, 0.05) is 33.3 Å². The molecular formula is C14H25N5O2. The smallest absolute Gasteiger partial charge is 0.239 e. The Bertz CT molecular complexity index is 453. The molecule has 0 spiro atoms. The molecule has 0 aliphatic heterocycles. The number of carbonyl (C=O) groups is 1. The fourth-order valence-electron chi connectivity index (χ4n) is 1.74. The first kappa shape index (κ1) is 17.2. The van der Waals surface area contributed by atoms with Crippen molar-refractivity contribution in [3.8, 4) is 0 Å². The van der Waals surface area contributed by atoms with E-state index in [0.29, 0.717) is 19.0 Å². The van der Waals surface area contributed by atoms with Gasteiger partial charge in [-0.3, -0.25) is 4.79 Å². The highest BCUT2D eigenvalue weighted by Crippen LogP contribution is 2.14. The Morgan fingerprint density at radius 1 is 1.38 bits per heavy atom. The van der Waals surface area contributed by atoms with Crippen molar-refractivity contribution in [2.24, 2.45) is 0 Å². The lowest BCUT2D eigenvalue weighted by Gasteiger charge is -2.19. The molecule has 0 fully saturated rings. The number of amides is 1. The Hall–Kier alpha value is -1.89. The molecule has 2 N–H and O–H groups in total. The number of rotatable bonds is 9. The van der Waals surface area contributed by atoms with Gasteiger partial charge in [0.2, 0.25) is 5.91 Å². The van der Waals surface area contributed by atoms with E-state index in [-0.39, 0.29) is 12.5 Å². The topological polar surface area (TPSA) is 79.4 Å². The van der Waals surface area contributed by atoms with Crippen LogP contribution in [-0.2, 0) is 9.53 Å². The highest BCUT2D eigenvalue weighted by molar-refractivity contribution is 5.80. The fourth-order valence-corrected chi connectivity index (χ4v) is 1.74. The van der Waals surface area contributed by atoms with Crippen LogP contribution in [0.4, 0.5) is 11.6 Å². The van der Waals surface area contributed by atoms with Gasteiger partial charge in [-0.2, -0.15) is 0 Å². The molecule has 0 saturated carbocycles. The summed E-state index contributed by atoms with van der Waals surface area (Å²) in [5, 5.41) is 6.01. The van der Waals surface area contributed by atoms with E-state index in [1.54, 1.807) is 12.0 Å². The number of anilines is 2. The third-order valence-corrected chi connectivity index (χ3v) is 2.78. The third kappa shape index (κ3) is 6.40. The van der Waals surface area contributed by atoms with Crippen LogP contribution >= 0.6 is 0 Å². The summed E-state index contributed by atoms with van der Waals surface area (Å²) in [6, 6.07) is 1.85. The van der Waals surface area contributed by atoms with Gasteiger partial charge < -0.3 is 20.3 Å². The molecule has 1 heterocycles. The normalized spacial score (nSPS) is 10.3. The number of nitrogens with one attached hydrogen (secondary N) is 2. The molecule has 1 aromatic rings. The lowest BCUT2D eigenvalue weighted by Crippen LogP contribution is -2.37. The number of hydrogen-bond acceptors (Lipinski definition) is 6. The number of nitrogens with zero attached hydrogens (tertiary/aromatic N) is 3. The molecule has 7 nitrogen and oxygen atoms in total. The maximum atomic E-state index is 11.8. The first-order chi connectivity index (χ1) is 10.1. The SMILES string of the molecule is CCCNc1cc(N(C)CC(=O)NCCOC)nc(C)n1. The average Bonchev–Trinajstić information content (AvgIpc) is 2.44. The number of likely N-dealkylation sites (N-methyl/N-ethyl adjacent to an activating group) is 1. The van der Waals surface area contributed by atoms with Gasteiger partial charge >= 0.3 is 0 Å². The molecule has 0 aromatic carbocycles. The molecule has 1 rings (SSSR count). The zero-order valence-corrected chi connectivity index (χ0v) is 13.3. The van der Waals surface area contributed by atoms with E-state index in [1.165, 1.54) is 0 Å². The van der Waals surface area contributed by atoms with Gasteiger partial charge in [-0.15, -0.1) is 0 Å². The van der Waals surface area contributed by atoms with Gasteiger partial charge in [-0.1, -0.05) is 6.92 Å². The van der Waals surface area contributed by atoms with E-state index < -0.39 is 0 Å². The minimum atomic E-state index is -0.0612. The summed E-state index contributed by atoms with van der Waals surface area (Å²) in [6.45, 7) is 6.05. The number of aromatic nitrogens is 2. The first-order valence-electron chi connectivity index (χ1n) is 7.13. The molecule has 0 bridgehead atoms. The van der Waals surface area contributed by atoms with E-state index in [0.717, 1.165) is 24.6 Å². The van der Waals surface area contributed by atoms with Gasteiger partial charge in [-0.25, -0.2) is 9.97 Å². The number of carbonyl (C=O) groups excluding carboxylic acids is 1. The molecular weight excluding hydrogens is 270 g/mol. The Morgan fingerprint density at radius 3 is 2.81 bits per heavy atom. The van der Waals surface area contributed by atoms with Gasteiger partial charge in [0.05, 0.1) is 13.2 Å². The Balaban J connectivity index is 2.62. The Labute approximate surface area is 126 Å². The van der Waals surface area contributed by atoms with Crippen LogP contribution in [0.25, 0.3) is 0 Å². The molecule has 0 aliphatic carbocycles. The highest BCUT2D eigenvalue weighted by atomic mass is 16.5. The molecule has 0 aliphatic rings. The standard InChI is InChI=1S/C14H25N5O2/c1-5-6-15-12-9-13(18-11(2)17-12)19(3)10-14(20)16-7-8-21-4/h9H,5-8,10H2,1-4H3,(H,16,20)(H,15,17,18). The minimum absolute atomic E-state index is 0.0612. The van der Waals surface area contributed by atoms with E-state index in [1.807, 2.05) is 20.0 Å². The number of methoxy groups -OCH3 is 1. The molecule has 0 atom stereocenters. The van der Waals surface area contributed by atoms with Crippen LogP contribution < -0.4 is 15.5 Å². The van der Waals surface area contributed by atoms with E-state index in [9.17, 15) is 4.79 Å². The van der Waals surface area contributed by atoms with Gasteiger partial charge in [-0.05, 0) is 13.3 Å². The van der Waals surface area contributed by atoms with Gasteiger partial charge in [0.15, 0.2) is 0 Å². The average molecular weight is 295 g/mol. The molecule has 0 saturated heterocycles. The number of hydrogen-bond donors (Lipinski definition) is 2. The van der Waals surface area contributed by atoms with Crippen molar-refractivity contribution in [3.63, 3.8) is 0 Å². The summed E-state index contributed by atoms with van der Waals surface area (Å²) in [7, 11) is 3.44. The van der Waals surface area contributed by atoms with Crippen LogP contribution in [0.3, 0.4) is 0 Å². The van der Waals surface area contributed by atoms with E-state index in [4.69, 9.17) is 4.74 Å². The van der Waals surface area contributed by atoms with Crippen LogP contribution in [0.2, 0.25) is 0 Å². The summed E-state index contributed by atoms with van der Waals surface area (Å²) >= 11 is 0. The summed E-state index contributed by atoms with van der Waals surface area (Å²) in [5.74, 6) is 2.13. The summed E-state index contributed by atoms with van der Waals surface area (Å²) < 4.78 is 4.89. The summed E-state index contributed by atoms with van der Waals surface area (Å²) in [6.07, 6.45) is 1.02. The van der Waals surface area contributed by atoms with Crippen LogP contribution in [-0.4, -0.2) is 56.3 Å². The molecule has 1 amide bonds. The lowest BCUT2D eigenvalue weighted by molar-refractivity contribution is -0.119. The maximum Gasteiger partial charge on any atom is 0.239 e. The molecule has 7 heteroatoms. The van der Waals surface area contributed by atoms with Gasteiger partial charge in [0.25, 0.3) is 0 Å². The zero-order valence-electron chi connectivity index (χ0n) is 13.3. The maximum absolute atomic E-state index is 11.8. The lowest BCUT2D eigenvalue weighted by atomic mass is 10.4. The van der Waals surface area contributed by atoms with Crippen LogP contribution in [0.5, 0.6) is 0 Å². The van der Waals surface area contributed by atoms with Crippen molar-refractivity contribution in [2.75, 3.05) is 50.6 Å². The highest BCUT2D eigenvalue weighted by Gasteiger charge is 2.10. The molecule has 118 valence electrons. The Kier molecular flexibility index (Phi) is 7.45. The van der Waals surface area contributed by atoms with Crippen molar-refractivity contribution < 1.29 is 9.53 Å². The van der Waals surface area contributed by atoms with Crippen LogP contribution in [0.1, 0.15) is 19.2 Å². The largest absolute Gasteiger partial charge is 0.383 e. The monoisotopic (exact) mass is 295 g/mol. The van der Waals surface area contributed by atoms with Crippen LogP contribution in [0, 0.1) is 6.92 Å². The first-order valence-corrected chi connectivity index (χ1v) is 7.13. The van der Waals surface area contributed by atoms with Crippen molar-refractivity contribution in [2.45, 2.75) is 20.3 Å². The van der Waals surface area contributed by atoms with Crippen molar-refractivity contribution in [3.05, 3.63) is 11.9 Å². The summed E-state index contributed by atoms with van der Waals surface area (Å²) in [5.41, 5.74) is 0.